The Morgan fingerprint density at radius 2 is 1.97 bits per heavy atom. The summed E-state index contributed by atoms with van der Waals surface area (Å²) in [6.07, 6.45) is 5.53. The molecule has 4 rings (SSSR count). The van der Waals surface area contributed by atoms with Crippen molar-refractivity contribution >= 4 is 42.4 Å². The Morgan fingerprint density at radius 1 is 1.22 bits per heavy atom. The van der Waals surface area contributed by atoms with Crippen molar-refractivity contribution in [3.05, 3.63) is 81.8 Å². The molecule has 0 saturated heterocycles. The molecule has 6 nitrogen and oxygen atoms in total. The number of carbonyl (C=O) groups is 2. The van der Waals surface area contributed by atoms with Crippen molar-refractivity contribution in [2.45, 2.75) is 38.5 Å². The van der Waals surface area contributed by atoms with Gasteiger partial charge in [-0.2, -0.15) is 0 Å². The number of ether oxygens (including phenoxy) is 2. The predicted molar refractivity (Wildman–Crippen MR) is 141 cm³/mol. The summed E-state index contributed by atoms with van der Waals surface area (Å²) in [7, 11) is 0. The fraction of sp³-hybridized carbons (Fsp3) is 0.259. The normalized spacial score (nSPS) is 13.7. The van der Waals surface area contributed by atoms with Crippen molar-refractivity contribution in [1.29, 1.82) is 0 Å². The van der Waals surface area contributed by atoms with Gasteiger partial charge in [0.25, 0.3) is 0 Å². The number of carboxylic acids is 1. The Hall–Kier alpha value is -3.36. The highest BCUT2D eigenvalue weighted by Gasteiger charge is 2.24. The van der Waals surface area contributed by atoms with Crippen LogP contribution in [0.25, 0.3) is 0 Å². The number of benzene rings is 2. The Morgan fingerprint density at radius 3 is 2.64 bits per heavy atom. The lowest BCUT2D eigenvalue weighted by atomic mass is 9.79. The molecule has 0 aliphatic heterocycles. The van der Waals surface area contributed by atoms with Crippen LogP contribution in [0.3, 0.4) is 0 Å². The van der Waals surface area contributed by atoms with Crippen molar-refractivity contribution in [3.8, 4) is 17.4 Å². The number of carbonyl (C=O) groups excluding carboxylic acids is 1. The first-order valence-electron chi connectivity index (χ1n) is 11.0. The second-order valence-electron chi connectivity index (χ2n) is 7.94. The van der Waals surface area contributed by atoms with Gasteiger partial charge in [-0.05, 0) is 91.4 Å². The third kappa shape index (κ3) is 7.57. The third-order valence-corrected chi connectivity index (χ3v) is 5.90. The summed E-state index contributed by atoms with van der Waals surface area (Å²) in [6.45, 7) is 3.57. The zero-order valence-corrected chi connectivity index (χ0v) is 21.4. The fourth-order valence-electron chi connectivity index (χ4n) is 4.19. The highest BCUT2D eigenvalue weighted by Crippen LogP contribution is 2.39. The van der Waals surface area contributed by atoms with Gasteiger partial charge in [0.2, 0.25) is 5.88 Å². The number of nitrogens with zero attached hydrogens (tertiary/aromatic N) is 1. The van der Waals surface area contributed by atoms with Gasteiger partial charge in [-0.3, -0.25) is 0 Å². The Labute approximate surface area is 220 Å². The zero-order chi connectivity index (χ0) is 26.7. The van der Waals surface area contributed by atoms with Gasteiger partial charge in [-0.1, -0.05) is 36.0 Å². The molecule has 190 valence electrons. The maximum atomic E-state index is 13.3. The lowest BCUT2D eigenvalue weighted by Crippen LogP contribution is -2.16. The van der Waals surface area contributed by atoms with Gasteiger partial charge in [-0.15, -0.1) is 0 Å². The van der Waals surface area contributed by atoms with Crippen LogP contribution in [-0.4, -0.2) is 35.3 Å². The highest BCUT2D eigenvalue weighted by atomic mass is 35.5. The van der Waals surface area contributed by atoms with Crippen molar-refractivity contribution in [1.82, 2.24) is 4.98 Å². The van der Waals surface area contributed by atoms with Crippen LogP contribution in [0.5, 0.6) is 17.4 Å². The van der Waals surface area contributed by atoms with Crippen LogP contribution in [0.4, 0.5) is 4.39 Å². The van der Waals surface area contributed by atoms with Crippen LogP contribution in [0.1, 0.15) is 41.0 Å². The van der Waals surface area contributed by atoms with E-state index in [1.54, 1.807) is 6.20 Å². The van der Waals surface area contributed by atoms with E-state index in [4.69, 9.17) is 31.0 Å². The summed E-state index contributed by atoms with van der Waals surface area (Å²) in [5.74, 6) is 3.16. The van der Waals surface area contributed by atoms with Crippen LogP contribution in [-0.2, 0) is 22.4 Å². The Balaban J connectivity index is 0.00000109. The minimum atomic E-state index is -0.985. The molecule has 1 atom stereocenters. The first kappa shape index (κ1) is 28.9. The van der Waals surface area contributed by atoms with E-state index in [2.05, 4.69) is 29.1 Å². The second-order valence-corrected chi connectivity index (χ2v) is 8.35. The van der Waals surface area contributed by atoms with Crippen LogP contribution in [0.2, 0.25) is 5.02 Å². The molecule has 0 fully saturated rings. The molecule has 3 aromatic rings. The lowest BCUT2D eigenvalue weighted by molar-refractivity contribution is -0.139. The summed E-state index contributed by atoms with van der Waals surface area (Å²) in [6, 6.07) is 11.9. The van der Waals surface area contributed by atoms with Crippen LogP contribution < -0.4 is 9.47 Å². The zero-order valence-electron chi connectivity index (χ0n) is 19.8. The topological polar surface area (TPSA) is 85.7 Å². The molecule has 0 unspecified atom stereocenters. The van der Waals surface area contributed by atoms with E-state index in [0.717, 1.165) is 42.4 Å². The molecular formula is C27H27ClFNO5S. The van der Waals surface area contributed by atoms with Gasteiger partial charge in [0.05, 0.1) is 5.02 Å². The number of thiocarbonyl (C=S) groups is 1. The number of hydrogen-bond donors (Lipinski definition) is 1. The lowest BCUT2D eigenvalue weighted by Gasteiger charge is -2.27. The van der Waals surface area contributed by atoms with Gasteiger partial charge in [0, 0.05) is 11.8 Å². The molecule has 0 radical (unpaired) electrons. The number of aryl methyl sites for hydroxylation is 1. The van der Waals surface area contributed by atoms with E-state index in [1.807, 2.05) is 31.9 Å². The molecule has 1 N–H and O–H groups in total. The SMILES string of the molecule is C=O.C=S.Cc1cc(C[C@@H]2CCCc3c(OCC(=O)O)cccc32)cnc1Oc1ccc(F)cc1Cl. The molecule has 0 saturated carbocycles. The molecule has 36 heavy (non-hydrogen) atoms. The fourth-order valence-corrected chi connectivity index (χ4v) is 4.39. The maximum Gasteiger partial charge on any atom is 0.341 e. The number of hydrogen-bond acceptors (Lipinski definition) is 6. The Bertz CT molecular complexity index is 1190. The van der Waals surface area contributed by atoms with Gasteiger partial charge in [0.15, 0.2) is 6.61 Å². The predicted octanol–water partition coefficient (Wildman–Crippen LogP) is 6.53. The highest BCUT2D eigenvalue weighted by molar-refractivity contribution is 7.77. The van der Waals surface area contributed by atoms with E-state index in [0.29, 0.717) is 23.3 Å². The van der Waals surface area contributed by atoms with Crippen molar-refractivity contribution in [2.75, 3.05) is 6.61 Å². The van der Waals surface area contributed by atoms with Gasteiger partial charge < -0.3 is 19.4 Å². The molecule has 1 aliphatic rings. The second kappa shape index (κ2) is 14.3. The van der Waals surface area contributed by atoms with E-state index in [-0.39, 0.29) is 11.6 Å². The number of fused-ring (bicyclic) bond motifs is 1. The summed E-state index contributed by atoms with van der Waals surface area (Å²) in [5, 5.41) is 9.12. The van der Waals surface area contributed by atoms with Gasteiger partial charge >= 0.3 is 5.97 Å². The quantitative estimate of drug-likeness (QED) is 0.347. The molecule has 2 aromatic carbocycles. The molecule has 1 heterocycles. The minimum Gasteiger partial charge on any atom is -0.482 e. The maximum absolute atomic E-state index is 13.3. The van der Waals surface area contributed by atoms with E-state index >= 15 is 0 Å². The summed E-state index contributed by atoms with van der Waals surface area (Å²) >= 11 is 9.89. The third-order valence-electron chi connectivity index (χ3n) is 5.61. The summed E-state index contributed by atoms with van der Waals surface area (Å²) in [4.78, 5) is 23.3. The van der Waals surface area contributed by atoms with E-state index in [1.165, 1.54) is 23.8 Å². The molecule has 9 heteroatoms. The summed E-state index contributed by atoms with van der Waals surface area (Å²) < 4.78 is 24.6. The van der Waals surface area contributed by atoms with E-state index < -0.39 is 11.8 Å². The molecule has 1 aliphatic carbocycles. The van der Waals surface area contributed by atoms with E-state index in [9.17, 15) is 9.18 Å². The van der Waals surface area contributed by atoms with Gasteiger partial charge in [0.1, 0.15) is 24.1 Å². The van der Waals surface area contributed by atoms with Gasteiger partial charge in [-0.25, -0.2) is 14.2 Å². The number of carboxylic acid groups (broad SMARTS) is 1. The minimum absolute atomic E-state index is 0.190. The smallest absolute Gasteiger partial charge is 0.341 e. The average Bonchev–Trinajstić information content (AvgIpc) is 2.88. The van der Waals surface area contributed by atoms with Crippen LogP contribution in [0.15, 0.2) is 48.7 Å². The average molecular weight is 532 g/mol. The number of aliphatic carboxylic acids is 1. The van der Waals surface area contributed by atoms with Crippen LogP contribution >= 0.6 is 23.8 Å². The standard InChI is InChI=1S/C25H23ClFNO4.CH2O.CH2S/c1-15-10-16(13-28-25(15)32-23-9-8-18(27)12-21(23)26)11-17-4-2-6-20-19(17)5-3-7-22(20)31-14-24(29)30;2*1-2/h3,5,7-10,12-13,17H,2,4,6,11,14H2,1H3,(H,29,30);2*1H2/t17-;;/m0../s1. The monoisotopic (exact) mass is 531 g/mol. The number of halogens is 2. The first-order valence-corrected chi connectivity index (χ1v) is 12.0. The first-order chi connectivity index (χ1) is 17.4. The van der Waals surface area contributed by atoms with Crippen LogP contribution in [0, 0.1) is 12.7 Å². The van der Waals surface area contributed by atoms with Crippen molar-refractivity contribution in [3.63, 3.8) is 0 Å². The van der Waals surface area contributed by atoms with Crippen molar-refractivity contribution in [2.24, 2.45) is 0 Å². The largest absolute Gasteiger partial charge is 0.482 e. The summed E-state index contributed by atoms with van der Waals surface area (Å²) in [5.41, 5.74) is 4.24. The number of aromatic nitrogens is 1. The molecular weight excluding hydrogens is 505 g/mol. The number of pyridine rings is 1. The molecule has 0 bridgehead atoms. The molecule has 0 spiro atoms. The number of rotatable bonds is 7. The van der Waals surface area contributed by atoms with Crippen molar-refractivity contribution < 1.29 is 28.6 Å². The molecule has 1 aromatic heterocycles. The Kier molecular flexibility index (Phi) is 11.4. The molecule has 0 amide bonds.